The van der Waals surface area contributed by atoms with Crippen LogP contribution in [0.5, 0.6) is 0 Å². The normalized spacial score (nSPS) is 11.7. The molecule has 0 spiro atoms. The summed E-state index contributed by atoms with van der Waals surface area (Å²) in [5.74, 6) is 0.178. The van der Waals surface area contributed by atoms with Gasteiger partial charge in [0.05, 0.1) is 10.4 Å². The summed E-state index contributed by atoms with van der Waals surface area (Å²) in [5, 5.41) is 3.19. The second-order valence-electron chi connectivity index (χ2n) is 3.89. The number of carbonyl (C=O) groups is 1. The second-order valence-corrected chi connectivity index (χ2v) is 5.18. The van der Waals surface area contributed by atoms with E-state index in [4.69, 9.17) is 0 Å². The number of Topliss-reactive ketones (excluding diaryl/α,β-unsaturated/α-hetero) is 1. The van der Waals surface area contributed by atoms with Crippen molar-refractivity contribution >= 4 is 17.1 Å². The van der Waals surface area contributed by atoms with E-state index < -0.39 is 5.54 Å². The van der Waals surface area contributed by atoms with Crippen LogP contribution in [0, 0.1) is 6.92 Å². The SMILES string of the molecule is CCNC(C)(C)C(=O)c1ccc(C)s1. The maximum absolute atomic E-state index is 12.0. The van der Waals surface area contributed by atoms with Crippen molar-refractivity contribution in [2.45, 2.75) is 33.2 Å². The van der Waals surface area contributed by atoms with Crippen LogP contribution in [0.25, 0.3) is 0 Å². The molecule has 1 rings (SSSR count). The molecule has 14 heavy (non-hydrogen) atoms. The molecule has 0 saturated heterocycles. The number of nitrogens with one attached hydrogen (secondary N) is 1. The maximum Gasteiger partial charge on any atom is 0.192 e. The monoisotopic (exact) mass is 211 g/mol. The zero-order valence-corrected chi connectivity index (χ0v) is 9.99. The van der Waals surface area contributed by atoms with Gasteiger partial charge in [0.15, 0.2) is 5.78 Å². The number of aryl methyl sites for hydroxylation is 1. The standard InChI is InChI=1S/C11H17NOS/c1-5-12-11(3,4)10(13)9-7-6-8(2)14-9/h6-7,12H,5H2,1-4H3. The van der Waals surface area contributed by atoms with Crippen molar-refractivity contribution in [1.29, 1.82) is 0 Å². The Morgan fingerprint density at radius 2 is 2.14 bits per heavy atom. The van der Waals surface area contributed by atoms with Gasteiger partial charge in [0.1, 0.15) is 0 Å². The summed E-state index contributed by atoms with van der Waals surface area (Å²) in [5.41, 5.74) is -0.452. The van der Waals surface area contributed by atoms with Gasteiger partial charge in [0, 0.05) is 4.88 Å². The van der Waals surface area contributed by atoms with Gasteiger partial charge in [-0.25, -0.2) is 0 Å². The van der Waals surface area contributed by atoms with E-state index in [1.807, 2.05) is 39.8 Å². The van der Waals surface area contributed by atoms with Crippen molar-refractivity contribution < 1.29 is 4.79 Å². The van der Waals surface area contributed by atoms with Gasteiger partial charge in [-0.15, -0.1) is 11.3 Å². The third-order valence-corrected chi connectivity index (χ3v) is 3.15. The van der Waals surface area contributed by atoms with Crippen LogP contribution in [-0.4, -0.2) is 17.9 Å². The van der Waals surface area contributed by atoms with Crippen molar-refractivity contribution in [3.63, 3.8) is 0 Å². The molecule has 3 heteroatoms. The smallest absolute Gasteiger partial charge is 0.192 e. The van der Waals surface area contributed by atoms with Crippen LogP contribution in [0.15, 0.2) is 12.1 Å². The molecule has 1 N–H and O–H groups in total. The molecule has 78 valence electrons. The fraction of sp³-hybridized carbons (Fsp3) is 0.545. The van der Waals surface area contributed by atoms with Crippen LogP contribution in [0.1, 0.15) is 35.3 Å². The topological polar surface area (TPSA) is 29.1 Å². The van der Waals surface area contributed by atoms with E-state index in [-0.39, 0.29) is 5.78 Å². The van der Waals surface area contributed by atoms with E-state index in [9.17, 15) is 4.79 Å². The summed E-state index contributed by atoms with van der Waals surface area (Å²) >= 11 is 1.56. The lowest BCUT2D eigenvalue weighted by Crippen LogP contribution is -2.46. The summed E-state index contributed by atoms with van der Waals surface area (Å²) in [6.45, 7) is 8.68. The Hall–Kier alpha value is -0.670. The van der Waals surface area contributed by atoms with Gasteiger partial charge in [0.25, 0.3) is 0 Å². The van der Waals surface area contributed by atoms with E-state index in [0.717, 1.165) is 11.4 Å². The highest BCUT2D eigenvalue weighted by Gasteiger charge is 2.28. The molecule has 0 aliphatic heterocycles. The number of hydrogen-bond acceptors (Lipinski definition) is 3. The third kappa shape index (κ3) is 2.42. The average Bonchev–Trinajstić information content (AvgIpc) is 2.50. The largest absolute Gasteiger partial charge is 0.305 e. The fourth-order valence-corrected chi connectivity index (χ4v) is 2.35. The second kappa shape index (κ2) is 4.24. The highest BCUT2D eigenvalue weighted by Crippen LogP contribution is 2.20. The Morgan fingerprint density at radius 1 is 1.50 bits per heavy atom. The molecule has 0 aromatic carbocycles. The Labute approximate surface area is 89.3 Å². The van der Waals surface area contributed by atoms with Crippen molar-refractivity contribution in [2.24, 2.45) is 0 Å². The predicted molar refractivity (Wildman–Crippen MR) is 61.1 cm³/mol. The molecule has 0 aliphatic carbocycles. The number of likely N-dealkylation sites (N-methyl/N-ethyl adjacent to an activating group) is 1. The first-order valence-electron chi connectivity index (χ1n) is 4.83. The molecule has 1 aromatic heterocycles. The number of carbonyl (C=O) groups excluding carboxylic acids is 1. The van der Waals surface area contributed by atoms with E-state index in [0.29, 0.717) is 0 Å². The lowest BCUT2D eigenvalue weighted by molar-refractivity contribution is 0.0888. The summed E-state index contributed by atoms with van der Waals surface area (Å²) in [6.07, 6.45) is 0. The third-order valence-electron chi connectivity index (χ3n) is 2.15. The molecule has 0 aliphatic rings. The fourth-order valence-electron chi connectivity index (χ4n) is 1.39. The van der Waals surface area contributed by atoms with E-state index in [1.165, 1.54) is 4.88 Å². The molecule has 0 unspecified atom stereocenters. The number of hydrogen-bond donors (Lipinski definition) is 1. The predicted octanol–water partition coefficient (Wildman–Crippen LogP) is 2.63. The maximum atomic E-state index is 12.0. The Morgan fingerprint density at radius 3 is 2.57 bits per heavy atom. The molecule has 2 nitrogen and oxygen atoms in total. The quantitative estimate of drug-likeness (QED) is 0.776. The van der Waals surface area contributed by atoms with Gasteiger partial charge >= 0.3 is 0 Å². The highest BCUT2D eigenvalue weighted by atomic mass is 32.1. The van der Waals surface area contributed by atoms with Gasteiger partial charge in [0.2, 0.25) is 0 Å². The van der Waals surface area contributed by atoms with Crippen LogP contribution in [0.4, 0.5) is 0 Å². The highest BCUT2D eigenvalue weighted by molar-refractivity contribution is 7.14. The molecule has 1 heterocycles. The molecule has 0 radical (unpaired) electrons. The number of thiophene rings is 1. The van der Waals surface area contributed by atoms with Crippen LogP contribution in [0.3, 0.4) is 0 Å². The molecule has 0 fully saturated rings. The Bertz CT molecular complexity index is 328. The minimum atomic E-state index is -0.452. The number of ketones is 1. The zero-order valence-electron chi connectivity index (χ0n) is 9.18. The van der Waals surface area contributed by atoms with Gasteiger partial charge < -0.3 is 5.32 Å². The van der Waals surface area contributed by atoms with Crippen molar-refractivity contribution in [3.8, 4) is 0 Å². The molecular formula is C11H17NOS. The average molecular weight is 211 g/mol. The van der Waals surface area contributed by atoms with E-state index >= 15 is 0 Å². The minimum Gasteiger partial charge on any atom is -0.305 e. The van der Waals surface area contributed by atoms with E-state index in [1.54, 1.807) is 11.3 Å². The Kier molecular flexibility index (Phi) is 3.45. The first-order valence-corrected chi connectivity index (χ1v) is 5.65. The van der Waals surface area contributed by atoms with Gasteiger partial charge in [-0.3, -0.25) is 4.79 Å². The molecule has 0 amide bonds. The zero-order chi connectivity index (χ0) is 10.8. The van der Waals surface area contributed by atoms with Crippen molar-refractivity contribution in [3.05, 3.63) is 21.9 Å². The first-order chi connectivity index (χ1) is 6.47. The van der Waals surface area contributed by atoms with Gasteiger partial charge in [-0.1, -0.05) is 6.92 Å². The van der Waals surface area contributed by atoms with E-state index in [2.05, 4.69) is 5.32 Å². The molecule has 0 bridgehead atoms. The molecule has 0 atom stereocenters. The van der Waals surface area contributed by atoms with Crippen molar-refractivity contribution in [2.75, 3.05) is 6.54 Å². The minimum absolute atomic E-state index is 0.178. The van der Waals surface area contributed by atoms with Crippen LogP contribution < -0.4 is 5.32 Å². The Balaban J connectivity index is 2.84. The molecule has 1 aromatic rings. The lowest BCUT2D eigenvalue weighted by atomic mass is 9.98. The van der Waals surface area contributed by atoms with Gasteiger partial charge in [-0.05, 0) is 39.4 Å². The molecule has 0 saturated carbocycles. The lowest BCUT2D eigenvalue weighted by Gasteiger charge is -2.23. The summed E-state index contributed by atoms with van der Waals surface area (Å²) in [4.78, 5) is 14.0. The summed E-state index contributed by atoms with van der Waals surface area (Å²) < 4.78 is 0. The first kappa shape index (κ1) is 11.4. The van der Waals surface area contributed by atoms with Crippen LogP contribution in [-0.2, 0) is 0 Å². The summed E-state index contributed by atoms with van der Waals surface area (Å²) in [7, 11) is 0. The molecular weight excluding hydrogens is 194 g/mol. The van der Waals surface area contributed by atoms with Gasteiger partial charge in [-0.2, -0.15) is 0 Å². The van der Waals surface area contributed by atoms with Crippen LogP contribution >= 0.6 is 11.3 Å². The van der Waals surface area contributed by atoms with Crippen LogP contribution in [0.2, 0.25) is 0 Å². The van der Waals surface area contributed by atoms with Crippen molar-refractivity contribution in [1.82, 2.24) is 5.32 Å². The number of rotatable bonds is 4. The summed E-state index contributed by atoms with van der Waals surface area (Å²) in [6, 6.07) is 3.89.